The van der Waals surface area contributed by atoms with Gasteiger partial charge in [0, 0.05) is 30.9 Å². The van der Waals surface area contributed by atoms with E-state index in [9.17, 15) is 9.59 Å². The Morgan fingerprint density at radius 2 is 1.93 bits per heavy atom. The molecule has 0 aliphatic carbocycles. The molecule has 1 aromatic carbocycles. The van der Waals surface area contributed by atoms with Gasteiger partial charge in [-0.25, -0.2) is 0 Å². The van der Waals surface area contributed by atoms with Crippen molar-refractivity contribution in [1.29, 1.82) is 0 Å². The van der Waals surface area contributed by atoms with E-state index in [1.54, 1.807) is 7.11 Å². The molecule has 7 nitrogen and oxygen atoms in total. The third-order valence-electron chi connectivity index (χ3n) is 4.80. The van der Waals surface area contributed by atoms with Crippen LogP contribution in [0.1, 0.15) is 18.4 Å². The SMILES string of the molecule is COCCN1CCC(C(=O)Nc2ccc(NC(=O)CN(C)C)c(C)c2)CC1. The van der Waals surface area contributed by atoms with Crippen molar-refractivity contribution in [1.82, 2.24) is 9.80 Å². The second kappa shape index (κ2) is 10.4. The summed E-state index contributed by atoms with van der Waals surface area (Å²) >= 11 is 0. The standard InChI is InChI=1S/C20H32N4O3/c1-15-13-17(5-6-18(15)22-19(25)14-23(2)3)21-20(26)16-7-9-24(10-8-16)11-12-27-4/h5-6,13,16H,7-12,14H2,1-4H3,(H,21,26)(H,22,25). The highest BCUT2D eigenvalue weighted by atomic mass is 16.5. The fourth-order valence-electron chi connectivity index (χ4n) is 3.24. The minimum atomic E-state index is -0.0554. The zero-order valence-corrected chi connectivity index (χ0v) is 16.9. The molecule has 2 rings (SSSR count). The highest BCUT2D eigenvalue weighted by Crippen LogP contribution is 2.23. The highest BCUT2D eigenvalue weighted by molar-refractivity contribution is 5.95. The first-order valence-corrected chi connectivity index (χ1v) is 9.46. The van der Waals surface area contributed by atoms with Crippen LogP contribution in [0.25, 0.3) is 0 Å². The molecule has 2 amide bonds. The second-order valence-electron chi connectivity index (χ2n) is 7.41. The van der Waals surface area contributed by atoms with Gasteiger partial charge in [0.25, 0.3) is 0 Å². The van der Waals surface area contributed by atoms with Crippen LogP contribution in [0.5, 0.6) is 0 Å². The van der Waals surface area contributed by atoms with Gasteiger partial charge in [-0.15, -0.1) is 0 Å². The Labute approximate surface area is 162 Å². The quantitative estimate of drug-likeness (QED) is 0.724. The highest BCUT2D eigenvalue weighted by Gasteiger charge is 2.24. The van der Waals surface area contributed by atoms with Gasteiger partial charge in [0.05, 0.1) is 13.2 Å². The average Bonchev–Trinajstić information content (AvgIpc) is 2.62. The molecule has 1 saturated heterocycles. The molecule has 2 N–H and O–H groups in total. The van der Waals surface area contributed by atoms with Gasteiger partial charge in [-0.05, 0) is 70.7 Å². The van der Waals surface area contributed by atoms with Crippen molar-refractivity contribution in [2.45, 2.75) is 19.8 Å². The van der Waals surface area contributed by atoms with Gasteiger partial charge in [-0.3, -0.25) is 9.59 Å². The van der Waals surface area contributed by atoms with Gasteiger partial charge in [-0.1, -0.05) is 0 Å². The molecule has 7 heteroatoms. The molecule has 0 radical (unpaired) electrons. The number of rotatable bonds is 8. The van der Waals surface area contributed by atoms with E-state index in [-0.39, 0.29) is 17.7 Å². The van der Waals surface area contributed by atoms with E-state index in [2.05, 4.69) is 15.5 Å². The molecule has 0 aromatic heterocycles. The van der Waals surface area contributed by atoms with Crippen molar-refractivity contribution >= 4 is 23.2 Å². The molecule has 1 fully saturated rings. The summed E-state index contributed by atoms with van der Waals surface area (Å²) in [5.74, 6) is 0.0638. The molecule has 0 atom stereocenters. The summed E-state index contributed by atoms with van der Waals surface area (Å²) in [4.78, 5) is 28.6. The van der Waals surface area contributed by atoms with E-state index in [4.69, 9.17) is 4.74 Å². The van der Waals surface area contributed by atoms with Gasteiger partial charge in [0.1, 0.15) is 0 Å². The zero-order valence-electron chi connectivity index (χ0n) is 16.9. The summed E-state index contributed by atoms with van der Waals surface area (Å²) in [7, 11) is 5.42. The molecule has 1 heterocycles. The number of aryl methyl sites for hydroxylation is 1. The third-order valence-corrected chi connectivity index (χ3v) is 4.80. The lowest BCUT2D eigenvalue weighted by atomic mass is 9.96. The van der Waals surface area contributed by atoms with Crippen LogP contribution >= 0.6 is 0 Å². The molecule has 0 spiro atoms. The molecule has 27 heavy (non-hydrogen) atoms. The number of piperidine rings is 1. The van der Waals surface area contributed by atoms with E-state index in [1.807, 2.05) is 44.1 Å². The Bertz CT molecular complexity index is 640. The van der Waals surface area contributed by atoms with Gasteiger partial charge in [0.15, 0.2) is 0 Å². The number of carbonyl (C=O) groups excluding carboxylic acids is 2. The van der Waals surface area contributed by atoms with Crippen LogP contribution in [0, 0.1) is 12.8 Å². The number of hydrogen-bond donors (Lipinski definition) is 2. The number of nitrogens with one attached hydrogen (secondary N) is 2. The maximum atomic E-state index is 12.6. The third kappa shape index (κ3) is 6.93. The predicted octanol–water partition coefficient (Wildman–Crippen LogP) is 1.79. The number of likely N-dealkylation sites (tertiary alicyclic amines) is 1. The van der Waals surface area contributed by atoms with E-state index in [0.717, 1.165) is 56.0 Å². The Hall–Kier alpha value is -1.96. The maximum absolute atomic E-state index is 12.6. The number of anilines is 2. The van der Waals surface area contributed by atoms with Crippen LogP contribution in [0.15, 0.2) is 18.2 Å². The summed E-state index contributed by atoms with van der Waals surface area (Å²) in [5, 5.41) is 5.92. The van der Waals surface area contributed by atoms with Crippen molar-refractivity contribution in [3.05, 3.63) is 23.8 Å². The molecule has 0 saturated carbocycles. The Morgan fingerprint density at radius 3 is 2.52 bits per heavy atom. The number of ether oxygens (including phenoxy) is 1. The van der Waals surface area contributed by atoms with E-state index in [0.29, 0.717) is 6.54 Å². The summed E-state index contributed by atoms with van der Waals surface area (Å²) in [6.45, 7) is 5.77. The maximum Gasteiger partial charge on any atom is 0.238 e. The Balaban J connectivity index is 1.86. The smallest absolute Gasteiger partial charge is 0.238 e. The van der Waals surface area contributed by atoms with Crippen LogP contribution in [0.2, 0.25) is 0 Å². The first-order valence-electron chi connectivity index (χ1n) is 9.46. The summed E-state index contributed by atoms with van der Waals surface area (Å²) < 4.78 is 5.11. The van der Waals surface area contributed by atoms with Gasteiger partial charge in [-0.2, -0.15) is 0 Å². The first kappa shape index (κ1) is 21.3. The zero-order chi connectivity index (χ0) is 19.8. The van der Waals surface area contributed by atoms with Crippen molar-refractivity contribution < 1.29 is 14.3 Å². The van der Waals surface area contributed by atoms with Crippen LogP contribution in [0.3, 0.4) is 0 Å². The lowest BCUT2D eigenvalue weighted by molar-refractivity contribution is -0.121. The summed E-state index contributed by atoms with van der Waals surface area (Å²) in [6, 6.07) is 5.58. The molecule has 150 valence electrons. The molecule has 1 aromatic rings. The summed E-state index contributed by atoms with van der Waals surface area (Å²) in [5.41, 5.74) is 2.46. The normalized spacial score (nSPS) is 15.7. The molecule has 1 aliphatic heterocycles. The minimum absolute atomic E-state index is 0.0450. The van der Waals surface area contributed by atoms with Crippen LogP contribution in [-0.4, -0.2) is 75.6 Å². The van der Waals surface area contributed by atoms with Crippen molar-refractivity contribution in [2.75, 3.05) is 64.6 Å². The number of carbonyl (C=O) groups is 2. The van der Waals surface area contributed by atoms with Crippen LogP contribution in [0.4, 0.5) is 11.4 Å². The van der Waals surface area contributed by atoms with Gasteiger partial charge >= 0.3 is 0 Å². The Kier molecular flexibility index (Phi) is 8.22. The van der Waals surface area contributed by atoms with Gasteiger partial charge in [0.2, 0.25) is 11.8 Å². The lowest BCUT2D eigenvalue weighted by Gasteiger charge is -2.31. The molecule has 1 aliphatic rings. The Morgan fingerprint density at radius 1 is 1.22 bits per heavy atom. The summed E-state index contributed by atoms with van der Waals surface area (Å²) in [6.07, 6.45) is 1.74. The molecular formula is C20H32N4O3. The lowest BCUT2D eigenvalue weighted by Crippen LogP contribution is -2.39. The number of hydrogen-bond acceptors (Lipinski definition) is 5. The molecule has 0 unspecified atom stereocenters. The fraction of sp³-hybridized carbons (Fsp3) is 0.600. The number of likely N-dealkylation sites (N-methyl/N-ethyl adjacent to an activating group) is 1. The molecular weight excluding hydrogens is 344 g/mol. The number of nitrogens with zero attached hydrogens (tertiary/aromatic N) is 2. The average molecular weight is 377 g/mol. The van der Waals surface area contributed by atoms with Crippen molar-refractivity contribution in [3.63, 3.8) is 0 Å². The number of benzene rings is 1. The fourth-order valence-corrected chi connectivity index (χ4v) is 3.24. The van der Waals surface area contributed by atoms with E-state index in [1.165, 1.54) is 0 Å². The molecule has 0 bridgehead atoms. The van der Waals surface area contributed by atoms with E-state index >= 15 is 0 Å². The number of amides is 2. The topological polar surface area (TPSA) is 73.9 Å². The monoisotopic (exact) mass is 376 g/mol. The van der Waals surface area contributed by atoms with Crippen molar-refractivity contribution in [2.24, 2.45) is 5.92 Å². The van der Waals surface area contributed by atoms with Crippen LogP contribution in [-0.2, 0) is 14.3 Å². The number of methoxy groups -OCH3 is 1. The van der Waals surface area contributed by atoms with Crippen molar-refractivity contribution in [3.8, 4) is 0 Å². The van der Waals surface area contributed by atoms with Gasteiger partial charge < -0.3 is 25.2 Å². The van der Waals surface area contributed by atoms with Crippen LogP contribution < -0.4 is 10.6 Å². The largest absolute Gasteiger partial charge is 0.383 e. The second-order valence-corrected chi connectivity index (χ2v) is 7.41. The predicted molar refractivity (Wildman–Crippen MR) is 108 cm³/mol. The van der Waals surface area contributed by atoms with E-state index < -0.39 is 0 Å². The first-order chi connectivity index (χ1) is 12.9. The minimum Gasteiger partial charge on any atom is -0.383 e.